The Bertz CT molecular complexity index is 899. The fraction of sp³-hybridized carbons (Fsp3) is 0.227. The fourth-order valence-corrected chi connectivity index (χ4v) is 3.65. The van der Waals surface area contributed by atoms with Crippen molar-refractivity contribution in [2.45, 2.75) is 19.1 Å². The normalized spacial score (nSPS) is 11.9. The molecule has 1 atom stereocenters. The molecular weight excluding hydrogens is 375 g/mol. The molecule has 3 aromatic rings. The van der Waals surface area contributed by atoms with Crippen molar-refractivity contribution >= 4 is 22.9 Å². The number of halogens is 1. The number of hydrogen-bond donors (Lipinski definition) is 2. The molecule has 2 aromatic carbocycles. The SMILES string of the molecule is CNCCC(OCc1cccc(NC(=O)c2ccccc2F)c1)c1cccs1. The third-order valence-electron chi connectivity index (χ3n) is 4.27. The van der Waals surface area contributed by atoms with Gasteiger partial charge in [-0.2, -0.15) is 0 Å². The summed E-state index contributed by atoms with van der Waals surface area (Å²) in [5.41, 5.74) is 1.57. The van der Waals surface area contributed by atoms with E-state index in [9.17, 15) is 9.18 Å². The van der Waals surface area contributed by atoms with Gasteiger partial charge >= 0.3 is 0 Å². The summed E-state index contributed by atoms with van der Waals surface area (Å²) in [4.78, 5) is 13.5. The molecule has 4 nitrogen and oxygen atoms in total. The first-order valence-electron chi connectivity index (χ1n) is 9.12. The molecule has 0 radical (unpaired) electrons. The maximum atomic E-state index is 13.8. The molecule has 0 saturated carbocycles. The van der Waals surface area contributed by atoms with Crippen molar-refractivity contribution in [2.24, 2.45) is 0 Å². The van der Waals surface area contributed by atoms with Gasteiger partial charge in [-0.25, -0.2) is 4.39 Å². The van der Waals surface area contributed by atoms with Crippen LogP contribution in [0.2, 0.25) is 0 Å². The lowest BCUT2D eigenvalue weighted by Gasteiger charge is -2.17. The summed E-state index contributed by atoms with van der Waals surface area (Å²) in [6, 6.07) is 17.5. The van der Waals surface area contributed by atoms with Crippen molar-refractivity contribution in [3.05, 3.63) is 87.9 Å². The van der Waals surface area contributed by atoms with E-state index in [1.54, 1.807) is 29.5 Å². The number of rotatable bonds is 9. The molecule has 1 unspecified atom stereocenters. The highest BCUT2D eigenvalue weighted by molar-refractivity contribution is 7.10. The maximum absolute atomic E-state index is 13.8. The Morgan fingerprint density at radius 3 is 2.75 bits per heavy atom. The molecule has 0 aliphatic carbocycles. The lowest BCUT2D eigenvalue weighted by molar-refractivity contribution is 0.0368. The first kappa shape index (κ1) is 20.2. The number of amides is 1. The Morgan fingerprint density at radius 1 is 1.14 bits per heavy atom. The fourth-order valence-electron chi connectivity index (χ4n) is 2.84. The lowest BCUT2D eigenvalue weighted by Crippen LogP contribution is -2.14. The van der Waals surface area contributed by atoms with E-state index in [1.165, 1.54) is 17.0 Å². The minimum atomic E-state index is -0.539. The van der Waals surface area contributed by atoms with Crippen molar-refractivity contribution in [3.8, 4) is 0 Å². The highest BCUT2D eigenvalue weighted by Crippen LogP contribution is 2.27. The van der Waals surface area contributed by atoms with Crippen LogP contribution in [0.1, 0.15) is 33.3 Å². The summed E-state index contributed by atoms with van der Waals surface area (Å²) >= 11 is 1.68. The zero-order chi connectivity index (χ0) is 19.8. The van der Waals surface area contributed by atoms with Gasteiger partial charge in [0, 0.05) is 10.6 Å². The van der Waals surface area contributed by atoms with Crippen molar-refractivity contribution in [1.82, 2.24) is 5.32 Å². The van der Waals surface area contributed by atoms with Gasteiger partial charge in [-0.15, -0.1) is 11.3 Å². The van der Waals surface area contributed by atoms with Gasteiger partial charge < -0.3 is 15.4 Å². The Balaban J connectivity index is 1.64. The number of nitrogens with one attached hydrogen (secondary N) is 2. The maximum Gasteiger partial charge on any atom is 0.258 e. The van der Waals surface area contributed by atoms with E-state index in [0.29, 0.717) is 12.3 Å². The Labute approximate surface area is 168 Å². The van der Waals surface area contributed by atoms with Gasteiger partial charge in [-0.1, -0.05) is 30.3 Å². The number of benzene rings is 2. The van der Waals surface area contributed by atoms with Gasteiger partial charge in [-0.05, 0) is 61.3 Å². The van der Waals surface area contributed by atoms with E-state index in [-0.39, 0.29) is 11.7 Å². The molecule has 0 saturated heterocycles. The number of anilines is 1. The molecular formula is C22H23FN2O2S. The summed E-state index contributed by atoms with van der Waals surface area (Å²) in [5.74, 6) is -1.01. The van der Waals surface area contributed by atoms with Gasteiger partial charge in [0.1, 0.15) is 5.82 Å². The molecule has 2 N–H and O–H groups in total. The highest BCUT2D eigenvalue weighted by Gasteiger charge is 2.14. The zero-order valence-corrected chi connectivity index (χ0v) is 16.5. The first-order chi connectivity index (χ1) is 13.7. The van der Waals surface area contributed by atoms with Crippen LogP contribution >= 0.6 is 11.3 Å². The second kappa shape index (κ2) is 10.1. The van der Waals surface area contributed by atoms with E-state index in [1.807, 2.05) is 36.7 Å². The van der Waals surface area contributed by atoms with Crippen molar-refractivity contribution in [3.63, 3.8) is 0 Å². The summed E-state index contributed by atoms with van der Waals surface area (Å²) in [7, 11) is 1.92. The number of carbonyl (C=O) groups is 1. The second-order valence-electron chi connectivity index (χ2n) is 6.34. The smallest absolute Gasteiger partial charge is 0.258 e. The Morgan fingerprint density at radius 2 is 2.00 bits per heavy atom. The van der Waals surface area contributed by atoms with Crippen LogP contribution in [0.5, 0.6) is 0 Å². The molecule has 3 rings (SSSR count). The third kappa shape index (κ3) is 5.48. The zero-order valence-electron chi connectivity index (χ0n) is 15.7. The molecule has 1 heterocycles. The van der Waals surface area contributed by atoms with Gasteiger partial charge in [0.2, 0.25) is 0 Å². The molecule has 0 spiro atoms. The van der Waals surface area contributed by atoms with Crippen LogP contribution in [0, 0.1) is 5.82 Å². The molecule has 1 aromatic heterocycles. The van der Waals surface area contributed by atoms with E-state index in [0.717, 1.165) is 18.5 Å². The molecule has 6 heteroatoms. The number of carbonyl (C=O) groups excluding carboxylic acids is 1. The van der Waals surface area contributed by atoms with Crippen LogP contribution in [0.4, 0.5) is 10.1 Å². The average molecular weight is 399 g/mol. The minimum Gasteiger partial charge on any atom is -0.368 e. The van der Waals surface area contributed by atoms with Crippen molar-refractivity contribution < 1.29 is 13.9 Å². The predicted octanol–water partition coefficient (Wildman–Crippen LogP) is 5.01. The summed E-state index contributed by atoms with van der Waals surface area (Å²) in [6.07, 6.45) is 0.893. The molecule has 1 amide bonds. The average Bonchev–Trinajstić information content (AvgIpc) is 3.23. The van der Waals surface area contributed by atoms with E-state index in [2.05, 4.69) is 16.7 Å². The predicted molar refractivity (Wildman–Crippen MR) is 111 cm³/mol. The summed E-state index contributed by atoms with van der Waals surface area (Å²) in [5, 5.41) is 7.95. The quantitative estimate of drug-likeness (QED) is 0.533. The monoisotopic (exact) mass is 398 g/mol. The highest BCUT2D eigenvalue weighted by atomic mass is 32.1. The summed E-state index contributed by atoms with van der Waals surface area (Å²) in [6.45, 7) is 1.29. The molecule has 0 aliphatic rings. The second-order valence-corrected chi connectivity index (χ2v) is 7.32. The Hall–Kier alpha value is -2.54. The van der Waals surface area contributed by atoms with Crippen molar-refractivity contribution in [1.29, 1.82) is 0 Å². The van der Waals surface area contributed by atoms with Gasteiger partial charge in [0.15, 0.2) is 0 Å². The van der Waals surface area contributed by atoms with Crippen LogP contribution in [0.3, 0.4) is 0 Å². The van der Waals surface area contributed by atoms with E-state index >= 15 is 0 Å². The third-order valence-corrected chi connectivity index (χ3v) is 5.24. The largest absolute Gasteiger partial charge is 0.368 e. The first-order valence-corrected chi connectivity index (χ1v) is 10.00. The van der Waals surface area contributed by atoms with Gasteiger partial charge in [0.05, 0.1) is 18.3 Å². The minimum absolute atomic E-state index is 0.0177. The van der Waals surface area contributed by atoms with Crippen LogP contribution in [0.15, 0.2) is 66.0 Å². The summed E-state index contributed by atoms with van der Waals surface area (Å²) < 4.78 is 19.9. The van der Waals surface area contributed by atoms with Crippen LogP contribution in [0.25, 0.3) is 0 Å². The van der Waals surface area contributed by atoms with E-state index < -0.39 is 11.7 Å². The van der Waals surface area contributed by atoms with E-state index in [4.69, 9.17) is 4.74 Å². The molecule has 0 aliphatic heterocycles. The molecule has 0 fully saturated rings. The Kier molecular flexibility index (Phi) is 7.31. The van der Waals surface area contributed by atoms with Crippen LogP contribution < -0.4 is 10.6 Å². The van der Waals surface area contributed by atoms with Gasteiger partial charge in [0.25, 0.3) is 5.91 Å². The molecule has 28 heavy (non-hydrogen) atoms. The lowest BCUT2D eigenvalue weighted by atomic mass is 10.1. The van der Waals surface area contributed by atoms with Crippen molar-refractivity contribution in [2.75, 3.05) is 18.9 Å². The molecule has 0 bridgehead atoms. The standard InChI is InChI=1S/C22H23FN2O2S/c1-24-12-11-20(21-10-5-13-28-21)27-15-16-6-4-7-17(14-16)25-22(26)18-8-2-3-9-19(18)23/h2-10,13-14,20,24H,11-12,15H2,1H3,(H,25,26). The van der Waals surface area contributed by atoms with Crippen LogP contribution in [-0.2, 0) is 11.3 Å². The number of thiophene rings is 1. The molecule has 146 valence electrons. The number of ether oxygens (including phenoxy) is 1. The number of hydrogen-bond acceptors (Lipinski definition) is 4. The van der Waals surface area contributed by atoms with Gasteiger partial charge in [-0.3, -0.25) is 4.79 Å². The topological polar surface area (TPSA) is 50.4 Å². The van der Waals surface area contributed by atoms with Crippen LogP contribution in [-0.4, -0.2) is 19.5 Å².